The van der Waals surface area contributed by atoms with Crippen LogP contribution in [0, 0.1) is 0 Å². The number of carbonyl (C=O) groups is 2. The van der Waals surface area contributed by atoms with E-state index in [-0.39, 0.29) is 18.2 Å². The summed E-state index contributed by atoms with van der Waals surface area (Å²) < 4.78 is 10.5. The summed E-state index contributed by atoms with van der Waals surface area (Å²) in [6.07, 6.45) is 7.01. The van der Waals surface area contributed by atoms with Crippen molar-refractivity contribution in [3.05, 3.63) is 42.6 Å². The topological polar surface area (TPSA) is 80.2 Å². The molecule has 0 saturated heterocycles. The molecule has 0 spiro atoms. The fourth-order valence-electron chi connectivity index (χ4n) is 2.84. The minimum atomic E-state index is -1.08. The van der Waals surface area contributed by atoms with Crippen LogP contribution in [0.4, 0.5) is 5.69 Å². The molecule has 0 radical (unpaired) electrons. The summed E-state index contributed by atoms with van der Waals surface area (Å²) in [6, 6.07) is 5.10. The number of benzene rings is 1. The van der Waals surface area contributed by atoms with Crippen molar-refractivity contribution in [2.75, 3.05) is 19.5 Å². The lowest BCUT2D eigenvalue weighted by Crippen LogP contribution is -2.58. The smallest absolute Gasteiger partial charge is 0.251 e. The molecule has 1 aromatic rings. The second-order valence-electron chi connectivity index (χ2n) is 5.91. The molecular weight excluding hydrogens is 322 g/mol. The van der Waals surface area contributed by atoms with Crippen LogP contribution in [-0.2, 0) is 9.59 Å². The third kappa shape index (κ3) is 3.00. The maximum atomic E-state index is 13.0. The van der Waals surface area contributed by atoms with Crippen molar-refractivity contribution in [2.24, 2.45) is 4.99 Å². The van der Waals surface area contributed by atoms with E-state index in [2.05, 4.69) is 10.3 Å². The zero-order valence-electron chi connectivity index (χ0n) is 14.3. The van der Waals surface area contributed by atoms with Crippen molar-refractivity contribution >= 4 is 23.3 Å². The molecule has 0 fully saturated rings. The van der Waals surface area contributed by atoms with Crippen molar-refractivity contribution in [1.29, 1.82) is 0 Å². The second kappa shape index (κ2) is 6.43. The van der Waals surface area contributed by atoms with Crippen molar-refractivity contribution in [1.82, 2.24) is 4.90 Å². The Morgan fingerprint density at radius 3 is 2.80 bits per heavy atom. The number of carbonyl (C=O) groups excluding carboxylic acids is 2. The predicted octanol–water partition coefficient (Wildman–Crippen LogP) is 2.12. The summed E-state index contributed by atoms with van der Waals surface area (Å²) in [7, 11) is 3.07. The van der Waals surface area contributed by atoms with Crippen LogP contribution in [0.5, 0.6) is 11.5 Å². The first kappa shape index (κ1) is 16.8. The van der Waals surface area contributed by atoms with E-state index >= 15 is 0 Å². The largest absolute Gasteiger partial charge is 0.497 e. The zero-order valence-corrected chi connectivity index (χ0v) is 14.3. The summed E-state index contributed by atoms with van der Waals surface area (Å²) in [5, 5.41) is 2.85. The quantitative estimate of drug-likeness (QED) is 0.907. The summed E-state index contributed by atoms with van der Waals surface area (Å²) in [5.74, 6) is 0.897. The molecule has 7 nitrogen and oxygen atoms in total. The van der Waals surface area contributed by atoms with Crippen molar-refractivity contribution in [3.8, 4) is 11.5 Å². The van der Waals surface area contributed by atoms with E-state index in [1.54, 1.807) is 61.6 Å². The van der Waals surface area contributed by atoms with Crippen LogP contribution in [0.25, 0.3) is 0 Å². The van der Waals surface area contributed by atoms with Crippen LogP contribution in [0.3, 0.4) is 0 Å². The molecule has 0 aromatic heterocycles. The van der Waals surface area contributed by atoms with Gasteiger partial charge >= 0.3 is 0 Å². The monoisotopic (exact) mass is 341 g/mol. The maximum absolute atomic E-state index is 13.0. The van der Waals surface area contributed by atoms with Gasteiger partial charge in [0, 0.05) is 12.3 Å². The van der Waals surface area contributed by atoms with Crippen LogP contribution in [0.15, 0.2) is 47.6 Å². The van der Waals surface area contributed by atoms with Gasteiger partial charge in [0.25, 0.3) is 11.8 Å². The Morgan fingerprint density at radius 2 is 2.08 bits per heavy atom. The molecule has 7 heteroatoms. The number of rotatable bonds is 4. The van der Waals surface area contributed by atoms with Crippen LogP contribution in [-0.4, -0.2) is 42.3 Å². The minimum Gasteiger partial charge on any atom is -0.497 e. The molecule has 1 aromatic carbocycles. The van der Waals surface area contributed by atoms with Crippen molar-refractivity contribution < 1.29 is 19.1 Å². The Morgan fingerprint density at radius 1 is 1.28 bits per heavy atom. The molecule has 1 atom stereocenters. The number of hydrogen-bond donors (Lipinski definition) is 1. The average Bonchev–Trinajstić information content (AvgIpc) is 2.61. The predicted molar refractivity (Wildman–Crippen MR) is 93.8 cm³/mol. The molecule has 0 saturated carbocycles. The van der Waals surface area contributed by atoms with E-state index in [0.717, 1.165) is 0 Å². The average molecular weight is 341 g/mol. The highest BCUT2D eigenvalue weighted by Crippen LogP contribution is 2.33. The van der Waals surface area contributed by atoms with Crippen LogP contribution >= 0.6 is 0 Å². The lowest BCUT2D eigenvalue weighted by atomic mass is 9.91. The first-order valence-corrected chi connectivity index (χ1v) is 7.77. The van der Waals surface area contributed by atoms with Gasteiger partial charge in [-0.15, -0.1) is 0 Å². The molecule has 2 amide bonds. The molecule has 130 valence electrons. The number of amidine groups is 1. The molecule has 25 heavy (non-hydrogen) atoms. The maximum Gasteiger partial charge on any atom is 0.251 e. The van der Waals surface area contributed by atoms with Gasteiger partial charge in [0.1, 0.15) is 22.9 Å². The lowest BCUT2D eigenvalue weighted by Gasteiger charge is -2.41. The Labute approximate surface area is 145 Å². The van der Waals surface area contributed by atoms with Gasteiger partial charge in [0.15, 0.2) is 0 Å². The molecule has 1 N–H and O–H groups in total. The van der Waals surface area contributed by atoms with E-state index < -0.39 is 5.54 Å². The second-order valence-corrected chi connectivity index (χ2v) is 5.91. The van der Waals surface area contributed by atoms with Crippen LogP contribution in [0.1, 0.15) is 13.3 Å². The Balaban J connectivity index is 1.90. The highest BCUT2D eigenvalue weighted by atomic mass is 16.5. The van der Waals surface area contributed by atoms with E-state index in [0.29, 0.717) is 23.0 Å². The molecule has 2 heterocycles. The SMILES string of the molecule is COc1ccc(NC(=O)C2(C)CC(=O)N=C3C=CC=CN32)c(OC)c1. The number of ether oxygens (including phenoxy) is 2. The fraction of sp³-hybridized carbons (Fsp3) is 0.278. The van der Waals surface area contributed by atoms with Gasteiger partial charge in [-0.25, -0.2) is 0 Å². The third-order valence-corrected chi connectivity index (χ3v) is 4.25. The summed E-state index contributed by atoms with van der Waals surface area (Å²) in [5.41, 5.74) is -0.581. The lowest BCUT2D eigenvalue weighted by molar-refractivity contribution is -0.130. The number of methoxy groups -OCH3 is 2. The standard InChI is InChI=1S/C18H19N3O4/c1-18(11-16(22)20-15-6-4-5-9-21(15)18)17(23)19-13-8-7-12(24-2)10-14(13)25-3/h4-10H,11H2,1-3H3,(H,19,23). The van der Waals surface area contributed by atoms with Gasteiger partial charge in [0.05, 0.1) is 26.3 Å². The van der Waals surface area contributed by atoms with Gasteiger partial charge in [-0.3, -0.25) is 9.59 Å². The number of aliphatic imine (C=N–C) groups is 1. The van der Waals surface area contributed by atoms with Gasteiger partial charge in [0.2, 0.25) is 0 Å². The summed E-state index contributed by atoms with van der Waals surface area (Å²) in [6.45, 7) is 1.72. The van der Waals surface area contributed by atoms with E-state index in [1.165, 1.54) is 7.11 Å². The van der Waals surface area contributed by atoms with Crippen LogP contribution in [0.2, 0.25) is 0 Å². The van der Waals surface area contributed by atoms with Crippen molar-refractivity contribution in [3.63, 3.8) is 0 Å². The number of nitrogens with one attached hydrogen (secondary N) is 1. The van der Waals surface area contributed by atoms with Crippen molar-refractivity contribution in [2.45, 2.75) is 18.9 Å². The third-order valence-electron chi connectivity index (χ3n) is 4.25. The molecule has 1 unspecified atom stereocenters. The highest BCUT2D eigenvalue weighted by Gasteiger charge is 2.45. The zero-order chi connectivity index (χ0) is 18.0. The van der Waals surface area contributed by atoms with Gasteiger partial charge in [-0.2, -0.15) is 4.99 Å². The number of hydrogen-bond acceptors (Lipinski definition) is 5. The van der Waals surface area contributed by atoms with E-state index in [9.17, 15) is 9.59 Å². The number of allylic oxidation sites excluding steroid dienone is 2. The first-order valence-electron chi connectivity index (χ1n) is 7.77. The molecule has 0 bridgehead atoms. The highest BCUT2D eigenvalue weighted by molar-refractivity contribution is 6.12. The Hall–Kier alpha value is -3.09. The minimum absolute atomic E-state index is 0.0149. The molecular formula is C18H19N3O4. The normalized spacial score (nSPS) is 21.5. The number of anilines is 1. The molecule has 2 aliphatic heterocycles. The summed E-state index contributed by atoms with van der Waals surface area (Å²) in [4.78, 5) is 30.7. The Kier molecular flexibility index (Phi) is 4.31. The van der Waals surface area contributed by atoms with Gasteiger partial charge in [-0.05, 0) is 31.2 Å². The molecule has 0 aliphatic carbocycles. The number of amides is 2. The number of nitrogens with zero attached hydrogens (tertiary/aromatic N) is 2. The first-order chi connectivity index (χ1) is 12.0. The molecule has 3 rings (SSSR count). The summed E-state index contributed by atoms with van der Waals surface area (Å²) >= 11 is 0. The van der Waals surface area contributed by atoms with Crippen LogP contribution < -0.4 is 14.8 Å². The van der Waals surface area contributed by atoms with E-state index in [4.69, 9.17) is 9.47 Å². The molecule has 2 aliphatic rings. The Bertz CT molecular complexity index is 813. The van der Waals surface area contributed by atoms with Gasteiger partial charge in [-0.1, -0.05) is 6.08 Å². The van der Waals surface area contributed by atoms with Gasteiger partial charge < -0.3 is 19.7 Å². The fourth-order valence-corrected chi connectivity index (χ4v) is 2.84. The number of fused-ring (bicyclic) bond motifs is 1. The van der Waals surface area contributed by atoms with E-state index in [1.807, 2.05) is 0 Å².